The second kappa shape index (κ2) is 8.53. The number of nitrogens with zero attached hydrogens (tertiary/aromatic N) is 1. The first-order valence-electron chi connectivity index (χ1n) is 6.91. The lowest BCUT2D eigenvalue weighted by Gasteiger charge is -2.13. The van der Waals surface area contributed by atoms with Gasteiger partial charge in [0.2, 0.25) is 5.91 Å². The molecule has 0 spiro atoms. The van der Waals surface area contributed by atoms with Crippen LogP contribution in [0.3, 0.4) is 0 Å². The quantitative estimate of drug-likeness (QED) is 0.586. The van der Waals surface area contributed by atoms with Crippen LogP contribution in [0.2, 0.25) is 10.0 Å². The van der Waals surface area contributed by atoms with E-state index in [1.165, 1.54) is 13.2 Å². The maximum atomic E-state index is 12.3. The minimum atomic E-state index is -0.513. The number of carbonyl (C=O) groups is 1. The van der Waals surface area contributed by atoms with Gasteiger partial charge in [-0.25, -0.2) is 4.98 Å². The molecule has 2 N–H and O–H groups in total. The molecule has 2 aromatic rings. The molecule has 6 nitrogen and oxygen atoms in total. The molecule has 1 heterocycles. The first-order chi connectivity index (χ1) is 11.4. The summed E-state index contributed by atoms with van der Waals surface area (Å²) in [6.07, 6.45) is 0. The average Bonchev–Trinajstić information content (AvgIpc) is 2.50. The number of rotatable bonds is 6. The first-order valence-corrected chi connectivity index (χ1v) is 8.54. The van der Waals surface area contributed by atoms with E-state index >= 15 is 0 Å². The van der Waals surface area contributed by atoms with Gasteiger partial charge in [0.15, 0.2) is 5.16 Å². The van der Waals surface area contributed by atoms with E-state index in [4.69, 9.17) is 27.9 Å². The van der Waals surface area contributed by atoms with E-state index in [1.807, 2.05) is 0 Å². The summed E-state index contributed by atoms with van der Waals surface area (Å²) in [5.74, 6) is -0.288. The van der Waals surface area contributed by atoms with E-state index in [2.05, 4.69) is 15.3 Å². The summed E-state index contributed by atoms with van der Waals surface area (Å²) in [5.41, 5.74) is 0.621. The van der Waals surface area contributed by atoms with Crippen LogP contribution in [0.15, 0.2) is 34.2 Å². The molecule has 1 amide bonds. The molecule has 1 unspecified atom stereocenters. The third-order valence-corrected chi connectivity index (χ3v) is 4.46. The minimum absolute atomic E-state index is 0.218. The third kappa shape index (κ3) is 5.24. The van der Waals surface area contributed by atoms with Crippen LogP contribution in [0.25, 0.3) is 0 Å². The molecule has 0 aliphatic rings. The number of halogens is 2. The van der Waals surface area contributed by atoms with E-state index in [1.54, 1.807) is 25.1 Å². The Bertz CT molecular complexity index is 798. The van der Waals surface area contributed by atoms with Gasteiger partial charge in [0.05, 0.1) is 28.3 Å². The van der Waals surface area contributed by atoms with Gasteiger partial charge in [-0.3, -0.25) is 9.59 Å². The highest BCUT2D eigenvalue weighted by atomic mass is 35.5. The largest absolute Gasteiger partial charge is 0.378 e. The average molecular weight is 388 g/mol. The molecule has 0 aliphatic carbocycles. The number of hydrogen-bond donors (Lipinski definition) is 2. The van der Waals surface area contributed by atoms with Crippen LogP contribution in [0.1, 0.15) is 12.6 Å². The number of carbonyl (C=O) groups excluding carboxylic acids is 1. The summed E-state index contributed by atoms with van der Waals surface area (Å²) in [4.78, 5) is 30.7. The second-order valence-electron chi connectivity index (χ2n) is 4.85. The fourth-order valence-corrected chi connectivity index (χ4v) is 2.98. The number of anilines is 1. The predicted molar refractivity (Wildman–Crippen MR) is 96.0 cm³/mol. The Morgan fingerprint density at radius 2 is 2.17 bits per heavy atom. The highest BCUT2D eigenvalue weighted by molar-refractivity contribution is 8.00. The molecule has 1 aromatic heterocycles. The van der Waals surface area contributed by atoms with E-state index in [9.17, 15) is 9.59 Å². The van der Waals surface area contributed by atoms with Crippen molar-refractivity contribution in [2.45, 2.75) is 23.9 Å². The second-order valence-corrected chi connectivity index (χ2v) is 7.02. The number of aromatic nitrogens is 2. The van der Waals surface area contributed by atoms with E-state index in [-0.39, 0.29) is 18.1 Å². The molecule has 0 radical (unpaired) electrons. The first kappa shape index (κ1) is 18.8. The number of thioether (sulfide) groups is 1. The van der Waals surface area contributed by atoms with Crippen molar-refractivity contribution < 1.29 is 9.53 Å². The number of nitrogens with one attached hydrogen (secondary N) is 2. The van der Waals surface area contributed by atoms with Gasteiger partial charge in [-0.1, -0.05) is 35.0 Å². The minimum Gasteiger partial charge on any atom is -0.378 e. The number of benzene rings is 1. The SMILES string of the molecule is COCc1cc(=O)[nH]c(SC(C)C(=O)Nc2cc(Cl)ccc2Cl)n1. The van der Waals surface area contributed by atoms with Crippen molar-refractivity contribution in [2.75, 3.05) is 12.4 Å². The van der Waals surface area contributed by atoms with Gasteiger partial charge in [0, 0.05) is 18.2 Å². The van der Waals surface area contributed by atoms with Crippen molar-refractivity contribution in [1.29, 1.82) is 0 Å². The fourth-order valence-electron chi connectivity index (χ4n) is 1.81. The number of ether oxygens (including phenoxy) is 1. The summed E-state index contributed by atoms with van der Waals surface area (Å²) < 4.78 is 4.96. The van der Waals surface area contributed by atoms with Gasteiger partial charge in [0.1, 0.15) is 0 Å². The Morgan fingerprint density at radius 3 is 2.88 bits per heavy atom. The molecule has 0 aliphatic heterocycles. The number of methoxy groups -OCH3 is 1. The standard InChI is InChI=1S/C15H15Cl2N3O3S/c1-8(14(22)19-12-5-9(16)3-4-11(12)17)24-15-18-10(7-23-2)6-13(21)20-15/h3-6,8H,7H2,1-2H3,(H,19,22)(H,18,20,21). The number of amides is 1. The van der Waals surface area contributed by atoms with Crippen LogP contribution in [0.4, 0.5) is 5.69 Å². The Kier molecular flexibility index (Phi) is 6.68. The van der Waals surface area contributed by atoms with Crippen molar-refractivity contribution in [3.05, 3.63) is 50.4 Å². The van der Waals surface area contributed by atoms with Gasteiger partial charge in [-0.05, 0) is 25.1 Å². The smallest absolute Gasteiger partial charge is 0.251 e. The topological polar surface area (TPSA) is 84.1 Å². The highest BCUT2D eigenvalue weighted by Gasteiger charge is 2.17. The highest BCUT2D eigenvalue weighted by Crippen LogP contribution is 2.27. The van der Waals surface area contributed by atoms with Crippen molar-refractivity contribution >= 4 is 46.6 Å². The molecule has 0 saturated carbocycles. The van der Waals surface area contributed by atoms with Crippen LogP contribution in [-0.4, -0.2) is 28.2 Å². The summed E-state index contributed by atoms with van der Waals surface area (Å²) >= 11 is 13.0. The Balaban J connectivity index is 2.09. The van der Waals surface area contributed by atoms with Crippen LogP contribution in [0, 0.1) is 0 Å². The van der Waals surface area contributed by atoms with Gasteiger partial charge >= 0.3 is 0 Å². The molecule has 128 valence electrons. The molecular weight excluding hydrogens is 373 g/mol. The summed E-state index contributed by atoms with van der Waals surface area (Å²) in [5, 5.41) is 3.39. The van der Waals surface area contributed by atoms with E-state index < -0.39 is 5.25 Å². The maximum absolute atomic E-state index is 12.3. The lowest BCUT2D eigenvalue weighted by Crippen LogP contribution is -2.23. The zero-order chi connectivity index (χ0) is 17.7. The van der Waals surface area contributed by atoms with Crippen LogP contribution >= 0.6 is 35.0 Å². The van der Waals surface area contributed by atoms with Crippen molar-refractivity contribution in [1.82, 2.24) is 9.97 Å². The summed E-state index contributed by atoms with van der Waals surface area (Å²) in [7, 11) is 1.51. The van der Waals surface area contributed by atoms with Gasteiger partial charge < -0.3 is 15.0 Å². The molecule has 0 bridgehead atoms. The van der Waals surface area contributed by atoms with Crippen LogP contribution in [0.5, 0.6) is 0 Å². The third-order valence-electron chi connectivity index (χ3n) is 2.91. The van der Waals surface area contributed by atoms with E-state index in [0.29, 0.717) is 26.6 Å². The number of aromatic amines is 1. The lowest BCUT2D eigenvalue weighted by atomic mass is 10.3. The molecule has 24 heavy (non-hydrogen) atoms. The van der Waals surface area contributed by atoms with Gasteiger partial charge in [0.25, 0.3) is 5.56 Å². The molecular formula is C15H15Cl2N3O3S. The molecule has 1 aromatic carbocycles. The Labute approximate surface area is 152 Å². The van der Waals surface area contributed by atoms with Crippen molar-refractivity contribution in [3.63, 3.8) is 0 Å². The van der Waals surface area contributed by atoms with E-state index in [0.717, 1.165) is 11.8 Å². The van der Waals surface area contributed by atoms with Crippen molar-refractivity contribution in [3.8, 4) is 0 Å². The number of hydrogen-bond acceptors (Lipinski definition) is 5. The summed E-state index contributed by atoms with van der Waals surface area (Å²) in [6, 6.07) is 6.15. The molecule has 0 saturated heterocycles. The number of H-pyrrole nitrogens is 1. The van der Waals surface area contributed by atoms with Crippen LogP contribution in [-0.2, 0) is 16.1 Å². The Morgan fingerprint density at radius 1 is 1.42 bits per heavy atom. The molecule has 9 heteroatoms. The summed E-state index contributed by atoms with van der Waals surface area (Å²) in [6.45, 7) is 1.91. The molecule has 0 fully saturated rings. The predicted octanol–water partition coefficient (Wildman–Crippen LogP) is 3.34. The van der Waals surface area contributed by atoms with Crippen LogP contribution < -0.4 is 10.9 Å². The monoisotopic (exact) mass is 387 g/mol. The zero-order valence-electron chi connectivity index (χ0n) is 12.9. The Hall–Kier alpha value is -1.54. The molecule has 2 rings (SSSR count). The molecule has 1 atom stereocenters. The fraction of sp³-hybridized carbons (Fsp3) is 0.267. The van der Waals surface area contributed by atoms with Crippen molar-refractivity contribution in [2.24, 2.45) is 0 Å². The van der Waals surface area contributed by atoms with Gasteiger partial charge in [-0.2, -0.15) is 0 Å². The maximum Gasteiger partial charge on any atom is 0.251 e. The van der Waals surface area contributed by atoms with Gasteiger partial charge in [-0.15, -0.1) is 0 Å². The lowest BCUT2D eigenvalue weighted by molar-refractivity contribution is -0.115. The zero-order valence-corrected chi connectivity index (χ0v) is 15.3. The normalized spacial score (nSPS) is 12.0.